The van der Waals surface area contributed by atoms with E-state index < -0.39 is 15.8 Å². The smallest absolute Gasteiger partial charge is 0.210 e. The summed E-state index contributed by atoms with van der Waals surface area (Å²) < 4.78 is 38.5. The fourth-order valence-electron chi connectivity index (χ4n) is 1.06. The number of alkyl halides is 1. The van der Waals surface area contributed by atoms with Crippen molar-refractivity contribution >= 4 is 21.6 Å². The number of benzene rings is 1. The highest BCUT2D eigenvalue weighted by Gasteiger charge is 2.15. The molecule has 0 heterocycles. The van der Waals surface area contributed by atoms with Crippen LogP contribution in [0, 0.1) is 5.82 Å². The molecule has 1 atom stereocenters. The van der Waals surface area contributed by atoms with Crippen LogP contribution in [-0.2, 0) is 10.0 Å². The first kappa shape index (κ1) is 13.4. The van der Waals surface area contributed by atoms with E-state index in [0.717, 1.165) is 6.07 Å². The maximum Gasteiger partial charge on any atom is 0.240 e. The summed E-state index contributed by atoms with van der Waals surface area (Å²) >= 11 is 5.79. The lowest BCUT2D eigenvalue weighted by atomic mass is 10.3. The lowest BCUT2D eigenvalue weighted by molar-refractivity contribution is 0.575. The SMILES string of the molecule is CCC(Cl)CNS(=O)(=O)c1cccc(F)c1. The lowest BCUT2D eigenvalue weighted by Gasteiger charge is -2.09. The summed E-state index contributed by atoms with van der Waals surface area (Å²) in [5.41, 5.74) is 0. The number of hydrogen-bond acceptors (Lipinski definition) is 2. The first-order valence-corrected chi connectivity index (χ1v) is 6.77. The summed E-state index contributed by atoms with van der Waals surface area (Å²) in [6, 6.07) is 4.84. The van der Waals surface area contributed by atoms with Gasteiger partial charge in [-0.15, -0.1) is 11.6 Å². The Labute approximate surface area is 99.7 Å². The van der Waals surface area contributed by atoms with Crippen LogP contribution < -0.4 is 4.72 Å². The van der Waals surface area contributed by atoms with Crippen molar-refractivity contribution in [2.24, 2.45) is 0 Å². The molecule has 0 radical (unpaired) electrons. The van der Waals surface area contributed by atoms with E-state index in [4.69, 9.17) is 11.6 Å². The van der Waals surface area contributed by atoms with Crippen LogP contribution >= 0.6 is 11.6 Å². The molecule has 16 heavy (non-hydrogen) atoms. The molecule has 1 aromatic carbocycles. The number of nitrogens with one attached hydrogen (secondary N) is 1. The Balaban J connectivity index is 2.78. The van der Waals surface area contributed by atoms with E-state index >= 15 is 0 Å². The maximum atomic E-state index is 12.8. The Bertz CT molecular complexity index is 450. The molecule has 0 saturated heterocycles. The molecule has 0 aliphatic carbocycles. The normalized spacial score (nSPS) is 13.7. The first-order chi connectivity index (χ1) is 7.45. The highest BCUT2D eigenvalue weighted by atomic mass is 35.5. The third-order valence-corrected chi connectivity index (χ3v) is 3.93. The molecule has 1 unspecified atom stereocenters. The molecular formula is C10H13ClFNO2S. The van der Waals surface area contributed by atoms with E-state index in [1.807, 2.05) is 6.92 Å². The maximum absolute atomic E-state index is 12.8. The van der Waals surface area contributed by atoms with E-state index in [0.29, 0.717) is 6.42 Å². The summed E-state index contributed by atoms with van der Waals surface area (Å²) in [4.78, 5) is -0.0903. The molecule has 0 bridgehead atoms. The highest BCUT2D eigenvalue weighted by Crippen LogP contribution is 2.10. The van der Waals surface area contributed by atoms with Crippen molar-refractivity contribution in [2.75, 3.05) is 6.54 Å². The molecule has 0 amide bonds. The first-order valence-electron chi connectivity index (χ1n) is 4.85. The van der Waals surface area contributed by atoms with Crippen molar-refractivity contribution < 1.29 is 12.8 Å². The molecule has 6 heteroatoms. The van der Waals surface area contributed by atoms with Gasteiger partial charge in [-0.25, -0.2) is 17.5 Å². The van der Waals surface area contributed by atoms with Crippen LogP contribution in [0.3, 0.4) is 0 Å². The van der Waals surface area contributed by atoms with Gasteiger partial charge in [0.2, 0.25) is 10.0 Å². The molecule has 90 valence electrons. The fraction of sp³-hybridized carbons (Fsp3) is 0.400. The third-order valence-electron chi connectivity index (χ3n) is 2.04. The van der Waals surface area contributed by atoms with Crippen molar-refractivity contribution in [1.82, 2.24) is 4.72 Å². The number of rotatable bonds is 5. The third kappa shape index (κ3) is 3.73. The standard InChI is InChI=1S/C10H13ClFNO2S/c1-2-8(11)7-13-16(14,15)10-5-3-4-9(12)6-10/h3-6,8,13H,2,7H2,1H3. The predicted molar refractivity (Wildman–Crippen MR) is 61.5 cm³/mol. The second-order valence-electron chi connectivity index (χ2n) is 3.31. The van der Waals surface area contributed by atoms with E-state index in [9.17, 15) is 12.8 Å². The van der Waals surface area contributed by atoms with Gasteiger partial charge in [0.15, 0.2) is 0 Å². The summed E-state index contributed by atoms with van der Waals surface area (Å²) in [7, 11) is -3.66. The Morgan fingerprint density at radius 3 is 2.75 bits per heavy atom. The van der Waals surface area contributed by atoms with Crippen molar-refractivity contribution in [3.63, 3.8) is 0 Å². The second kappa shape index (κ2) is 5.61. The van der Waals surface area contributed by atoms with Crippen molar-refractivity contribution in [2.45, 2.75) is 23.6 Å². The summed E-state index contributed by atoms with van der Waals surface area (Å²) in [5.74, 6) is -0.583. The van der Waals surface area contributed by atoms with Crippen LogP contribution in [-0.4, -0.2) is 20.3 Å². The quantitative estimate of drug-likeness (QED) is 0.829. The van der Waals surface area contributed by atoms with Gasteiger partial charge in [0, 0.05) is 11.9 Å². The largest absolute Gasteiger partial charge is 0.240 e. The molecule has 0 aliphatic rings. The fourth-order valence-corrected chi connectivity index (χ4v) is 2.34. The van der Waals surface area contributed by atoms with Gasteiger partial charge in [0.25, 0.3) is 0 Å². The van der Waals surface area contributed by atoms with Crippen molar-refractivity contribution in [3.8, 4) is 0 Å². The molecule has 0 aliphatic heterocycles. The van der Waals surface area contributed by atoms with Crippen molar-refractivity contribution in [1.29, 1.82) is 0 Å². The number of halogens is 2. The summed E-state index contributed by atoms with van der Waals surface area (Å²) in [6.07, 6.45) is 0.660. The van der Waals surface area contributed by atoms with E-state index in [-0.39, 0.29) is 16.8 Å². The van der Waals surface area contributed by atoms with Crippen LogP contribution in [0.2, 0.25) is 0 Å². The van der Waals surface area contributed by atoms with Gasteiger partial charge in [-0.3, -0.25) is 0 Å². The predicted octanol–water partition coefficient (Wildman–Crippen LogP) is 2.12. The molecule has 0 spiro atoms. The van der Waals surface area contributed by atoms with E-state index in [1.54, 1.807) is 0 Å². The van der Waals surface area contributed by atoms with Crippen LogP contribution in [0.1, 0.15) is 13.3 Å². The summed E-state index contributed by atoms with van der Waals surface area (Å²) in [5, 5.41) is -0.261. The Morgan fingerprint density at radius 2 is 2.19 bits per heavy atom. The minimum atomic E-state index is -3.66. The summed E-state index contributed by atoms with van der Waals surface area (Å²) in [6.45, 7) is 1.99. The number of hydrogen-bond donors (Lipinski definition) is 1. The Morgan fingerprint density at radius 1 is 1.50 bits per heavy atom. The highest BCUT2D eigenvalue weighted by molar-refractivity contribution is 7.89. The lowest BCUT2D eigenvalue weighted by Crippen LogP contribution is -2.29. The van der Waals surface area contributed by atoms with Gasteiger partial charge in [0.05, 0.1) is 4.90 Å². The van der Waals surface area contributed by atoms with Crippen LogP contribution in [0.4, 0.5) is 4.39 Å². The zero-order valence-corrected chi connectivity index (χ0v) is 10.4. The molecule has 1 N–H and O–H groups in total. The monoisotopic (exact) mass is 265 g/mol. The van der Waals surface area contributed by atoms with Gasteiger partial charge >= 0.3 is 0 Å². The topological polar surface area (TPSA) is 46.2 Å². The average molecular weight is 266 g/mol. The van der Waals surface area contributed by atoms with Gasteiger partial charge in [-0.2, -0.15) is 0 Å². The Hall–Kier alpha value is -0.650. The minimum absolute atomic E-state index is 0.0903. The molecule has 0 aromatic heterocycles. The van der Waals surface area contributed by atoms with E-state index in [2.05, 4.69) is 4.72 Å². The van der Waals surface area contributed by atoms with Crippen LogP contribution in [0.5, 0.6) is 0 Å². The molecule has 1 aromatic rings. The average Bonchev–Trinajstić information content (AvgIpc) is 2.26. The molecule has 1 rings (SSSR count). The number of sulfonamides is 1. The van der Waals surface area contributed by atoms with Crippen molar-refractivity contribution in [3.05, 3.63) is 30.1 Å². The zero-order chi connectivity index (χ0) is 12.2. The zero-order valence-electron chi connectivity index (χ0n) is 8.78. The molecular weight excluding hydrogens is 253 g/mol. The Kier molecular flexibility index (Phi) is 4.70. The molecule has 0 saturated carbocycles. The van der Waals surface area contributed by atoms with Gasteiger partial charge in [-0.1, -0.05) is 13.0 Å². The van der Waals surface area contributed by atoms with Gasteiger partial charge < -0.3 is 0 Å². The van der Waals surface area contributed by atoms with Crippen LogP contribution in [0.15, 0.2) is 29.2 Å². The van der Waals surface area contributed by atoms with Gasteiger partial charge in [0.1, 0.15) is 5.82 Å². The van der Waals surface area contributed by atoms with Gasteiger partial charge in [-0.05, 0) is 24.6 Å². The van der Waals surface area contributed by atoms with E-state index in [1.165, 1.54) is 18.2 Å². The molecule has 0 fully saturated rings. The molecule has 3 nitrogen and oxygen atoms in total. The minimum Gasteiger partial charge on any atom is -0.210 e. The second-order valence-corrected chi connectivity index (χ2v) is 5.70. The van der Waals surface area contributed by atoms with Crippen LogP contribution in [0.25, 0.3) is 0 Å².